The molecule has 2 amide bonds. The summed E-state index contributed by atoms with van der Waals surface area (Å²) in [5.41, 5.74) is 2.52. The quantitative estimate of drug-likeness (QED) is 0.463. The molecule has 4 rings (SSSR count). The van der Waals surface area contributed by atoms with Crippen LogP contribution in [0.25, 0.3) is 11.3 Å². The largest absolute Gasteiger partial charge is 0.464 e. The number of carbonyl (C=O) groups is 2. The summed E-state index contributed by atoms with van der Waals surface area (Å²) < 4.78 is 18.9. The Kier molecular flexibility index (Phi) is 8.21. The van der Waals surface area contributed by atoms with Crippen molar-refractivity contribution in [2.45, 2.75) is 25.3 Å². The van der Waals surface area contributed by atoms with E-state index in [-0.39, 0.29) is 29.6 Å². The van der Waals surface area contributed by atoms with Crippen LogP contribution in [0.2, 0.25) is 0 Å². The number of benzene rings is 2. The molecule has 0 N–H and O–H groups in total. The number of amides is 2. The van der Waals surface area contributed by atoms with Gasteiger partial charge in [0.15, 0.2) is 0 Å². The fourth-order valence-electron chi connectivity index (χ4n) is 4.97. The summed E-state index contributed by atoms with van der Waals surface area (Å²) in [6, 6.07) is 17.7. The Morgan fingerprint density at radius 1 is 1.03 bits per heavy atom. The molecule has 1 aliphatic rings. The fraction of sp³-hybridized carbons (Fsp3) is 0.379. The zero-order valence-electron chi connectivity index (χ0n) is 21.2. The molecule has 1 unspecified atom stereocenters. The van der Waals surface area contributed by atoms with Crippen molar-refractivity contribution in [2.75, 3.05) is 40.8 Å². The van der Waals surface area contributed by atoms with Gasteiger partial charge in [-0.15, -0.1) is 0 Å². The Hall–Kier alpha value is -3.45. The first kappa shape index (κ1) is 25.6. The van der Waals surface area contributed by atoms with E-state index >= 15 is 0 Å². The third kappa shape index (κ3) is 6.21. The van der Waals surface area contributed by atoms with Gasteiger partial charge in [-0.2, -0.15) is 0 Å². The van der Waals surface area contributed by atoms with Crippen LogP contribution in [0.3, 0.4) is 0 Å². The van der Waals surface area contributed by atoms with Crippen molar-refractivity contribution in [1.29, 1.82) is 0 Å². The van der Waals surface area contributed by atoms with E-state index in [0.29, 0.717) is 31.6 Å². The normalized spacial score (nSPS) is 15.2. The number of carbonyl (C=O) groups excluding carboxylic acids is 2. The molecule has 2 heterocycles. The minimum absolute atomic E-state index is 0.00831. The van der Waals surface area contributed by atoms with Gasteiger partial charge in [0.05, 0.1) is 12.8 Å². The Morgan fingerprint density at radius 2 is 1.75 bits per heavy atom. The smallest absolute Gasteiger partial charge is 0.253 e. The van der Waals surface area contributed by atoms with Crippen molar-refractivity contribution in [3.8, 4) is 11.3 Å². The predicted octanol–water partition coefficient (Wildman–Crippen LogP) is 4.57. The molecule has 0 aliphatic carbocycles. The van der Waals surface area contributed by atoms with Crippen molar-refractivity contribution in [1.82, 2.24) is 14.7 Å². The first-order chi connectivity index (χ1) is 17.3. The van der Waals surface area contributed by atoms with Gasteiger partial charge in [-0.3, -0.25) is 9.59 Å². The molecule has 1 aliphatic heterocycles. The van der Waals surface area contributed by atoms with Crippen molar-refractivity contribution >= 4 is 11.8 Å². The molecule has 0 saturated carbocycles. The van der Waals surface area contributed by atoms with Crippen molar-refractivity contribution in [3.63, 3.8) is 0 Å². The second-order valence-corrected chi connectivity index (χ2v) is 9.83. The molecular weight excluding hydrogens is 457 g/mol. The lowest BCUT2D eigenvalue weighted by Crippen LogP contribution is -2.50. The molecule has 2 aromatic carbocycles. The van der Waals surface area contributed by atoms with Crippen LogP contribution in [0.1, 0.15) is 28.8 Å². The molecule has 7 heteroatoms. The van der Waals surface area contributed by atoms with E-state index < -0.39 is 0 Å². The maximum atomic E-state index is 13.5. The Morgan fingerprint density at radius 3 is 2.39 bits per heavy atom. The summed E-state index contributed by atoms with van der Waals surface area (Å²) in [6.45, 7) is 1.59. The average Bonchev–Trinajstić information content (AvgIpc) is 3.43. The Labute approximate surface area is 212 Å². The van der Waals surface area contributed by atoms with Gasteiger partial charge in [0.25, 0.3) is 5.91 Å². The van der Waals surface area contributed by atoms with Gasteiger partial charge in [-0.1, -0.05) is 24.3 Å². The van der Waals surface area contributed by atoms with Gasteiger partial charge >= 0.3 is 0 Å². The van der Waals surface area contributed by atoms with Gasteiger partial charge in [0, 0.05) is 37.3 Å². The first-order valence-corrected chi connectivity index (χ1v) is 12.4. The topological polar surface area (TPSA) is 57.0 Å². The summed E-state index contributed by atoms with van der Waals surface area (Å²) in [5.74, 6) is 0.770. The minimum Gasteiger partial charge on any atom is -0.464 e. The lowest BCUT2D eigenvalue weighted by Gasteiger charge is -2.40. The van der Waals surface area contributed by atoms with Gasteiger partial charge in [0.1, 0.15) is 11.6 Å². The zero-order chi connectivity index (χ0) is 25.7. The number of hydrogen-bond acceptors (Lipinski definition) is 4. The van der Waals surface area contributed by atoms with Crippen molar-refractivity contribution in [3.05, 3.63) is 83.9 Å². The SMILES string of the molecule is CN(C)CC(=O)N(C)C(Cc1ccc(F)cc1)C1CCN(C(=O)c2cccc(-c3ccco3)c2)CC1. The minimum atomic E-state index is -0.268. The van der Waals surface area contributed by atoms with E-state index in [9.17, 15) is 14.0 Å². The maximum Gasteiger partial charge on any atom is 0.253 e. The summed E-state index contributed by atoms with van der Waals surface area (Å²) >= 11 is 0. The second kappa shape index (κ2) is 11.5. The molecule has 1 atom stereocenters. The fourth-order valence-corrected chi connectivity index (χ4v) is 4.97. The number of piperidine rings is 1. The summed E-state index contributed by atoms with van der Waals surface area (Å²) in [6.07, 6.45) is 3.88. The van der Waals surface area contributed by atoms with E-state index in [1.54, 1.807) is 18.4 Å². The van der Waals surface area contributed by atoms with Crippen LogP contribution in [0, 0.1) is 11.7 Å². The van der Waals surface area contributed by atoms with E-state index in [0.717, 1.165) is 29.7 Å². The van der Waals surface area contributed by atoms with Crippen LogP contribution in [-0.2, 0) is 11.2 Å². The van der Waals surface area contributed by atoms with E-state index in [1.807, 2.05) is 72.2 Å². The number of likely N-dealkylation sites (N-methyl/N-ethyl adjacent to an activating group) is 2. The number of furan rings is 1. The Bertz CT molecular complexity index is 1150. The first-order valence-electron chi connectivity index (χ1n) is 12.4. The molecule has 1 saturated heterocycles. The van der Waals surface area contributed by atoms with Gasteiger partial charge in [0.2, 0.25) is 5.91 Å². The predicted molar refractivity (Wildman–Crippen MR) is 138 cm³/mol. The summed E-state index contributed by atoms with van der Waals surface area (Å²) in [7, 11) is 5.62. The zero-order valence-corrected chi connectivity index (χ0v) is 21.2. The van der Waals surface area contributed by atoms with E-state index in [2.05, 4.69) is 0 Å². The molecule has 0 spiro atoms. The van der Waals surface area contributed by atoms with Crippen LogP contribution in [-0.4, -0.2) is 73.3 Å². The number of likely N-dealkylation sites (tertiary alicyclic amines) is 1. The lowest BCUT2D eigenvalue weighted by molar-refractivity contribution is -0.134. The monoisotopic (exact) mass is 491 g/mol. The van der Waals surface area contributed by atoms with Crippen molar-refractivity contribution in [2.24, 2.45) is 5.92 Å². The number of rotatable bonds is 8. The van der Waals surface area contributed by atoms with Gasteiger partial charge in [-0.25, -0.2) is 4.39 Å². The Balaban J connectivity index is 1.45. The highest BCUT2D eigenvalue weighted by Gasteiger charge is 2.33. The molecular formula is C29H34FN3O3. The molecule has 0 bridgehead atoms. The molecule has 3 aromatic rings. The molecule has 6 nitrogen and oxygen atoms in total. The molecule has 1 aromatic heterocycles. The lowest BCUT2D eigenvalue weighted by atomic mass is 9.84. The van der Waals surface area contributed by atoms with Crippen LogP contribution in [0.15, 0.2) is 71.3 Å². The second-order valence-electron chi connectivity index (χ2n) is 9.83. The number of halogens is 1. The highest BCUT2D eigenvalue weighted by Crippen LogP contribution is 2.28. The number of hydrogen-bond donors (Lipinski definition) is 0. The third-order valence-electron chi connectivity index (χ3n) is 6.99. The van der Waals surface area contributed by atoms with E-state index in [1.165, 1.54) is 12.1 Å². The molecule has 1 fully saturated rings. The summed E-state index contributed by atoms with van der Waals surface area (Å²) in [5, 5.41) is 0. The standard InChI is InChI=1S/C29H34FN3O3/c1-31(2)20-28(34)32(3)26(18-21-9-11-25(30)12-10-21)22-13-15-33(16-14-22)29(35)24-7-4-6-23(19-24)27-8-5-17-36-27/h4-12,17,19,22,26H,13-16,18,20H2,1-3H3. The van der Waals surface area contributed by atoms with Crippen LogP contribution >= 0.6 is 0 Å². The van der Waals surface area contributed by atoms with Gasteiger partial charge < -0.3 is 19.1 Å². The molecule has 36 heavy (non-hydrogen) atoms. The highest BCUT2D eigenvalue weighted by atomic mass is 19.1. The third-order valence-corrected chi connectivity index (χ3v) is 6.99. The summed E-state index contributed by atoms with van der Waals surface area (Å²) in [4.78, 5) is 31.8. The molecule has 190 valence electrons. The maximum absolute atomic E-state index is 13.5. The van der Waals surface area contributed by atoms with Crippen LogP contribution < -0.4 is 0 Å². The van der Waals surface area contributed by atoms with Crippen molar-refractivity contribution < 1.29 is 18.4 Å². The average molecular weight is 492 g/mol. The van der Waals surface area contributed by atoms with Crippen LogP contribution in [0.4, 0.5) is 4.39 Å². The molecule has 0 radical (unpaired) electrons. The van der Waals surface area contributed by atoms with E-state index in [4.69, 9.17) is 4.42 Å². The highest BCUT2D eigenvalue weighted by molar-refractivity contribution is 5.95. The van der Waals surface area contributed by atoms with Gasteiger partial charge in [-0.05, 0) is 81.2 Å². The van der Waals surface area contributed by atoms with Crippen LogP contribution in [0.5, 0.6) is 0 Å². The number of nitrogens with zero attached hydrogens (tertiary/aromatic N) is 3.